The molecule has 0 fully saturated rings. The van der Waals surface area contributed by atoms with Crippen LogP contribution in [0.5, 0.6) is 0 Å². The third kappa shape index (κ3) is 2.81. The SMILES string of the molecule is CNc1nc(-c2ccncc2C)cc(C(F)(F)F)n1. The Labute approximate surface area is 107 Å². The van der Waals surface area contributed by atoms with Crippen LogP contribution in [0.15, 0.2) is 24.5 Å². The quantitative estimate of drug-likeness (QED) is 0.909. The Hall–Kier alpha value is -2.18. The molecule has 1 N–H and O–H groups in total. The molecule has 0 bridgehead atoms. The predicted molar refractivity (Wildman–Crippen MR) is 64.5 cm³/mol. The highest BCUT2D eigenvalue weighted by Crippen LogP contribution is 2.31. The van der Waals surface area contributed by atoms with Crippen molar-refractivity contribution in [1.29, 1.82) is 0 Å². The molecule has 2 rings (SSSR count). The first-order chi connectivity index (χ1) is 8.91. The fourth-order valence-corrected chi connectivity index (χ4v) is 1.60. The maximum absolute atomic E-state index is 12.8. The van der Waals surface area contributed by atoms with Gasteiger partial charge in [-0.3, -0.25) is 4.98 Å². The summed E-state index contributed by atoms with van der Waals surface area (Å²) in [4.78, 5) is 11.4. The van der Waals surface area contributed by atoms with Gasteiger partial charge in [-0.2, -0.15) is 13.2 Å². The normalized spacial score (nSPS) is 11.4. The third-order valence-electron chi connectivity index (χ3n) is 2.54. The lowest BCUT2D eigenvalue weighted by molar-refractivity contribution is -0.141. The van der Waals surface area contributed by atoms with Gasteiger partial charge < -0.3 is 5.32 Å². The van der Waals surface area contributed by atoms with Crippen LogP contribution in [0.25, 0.3) is 11.3 Å². The van der Waals surface area contributed by atoms with Gasteiger partial charge in [-0.1, -0.05) is 0 Å². The molecule has 0 aliphatic carbocycles. The van der Waals surface area contributed by atoms with Crippen LogP contribution < -0.4 is 5.32 Å². The molecule has 0 unspecified atom stereocenters. The summed E-state index contributed by atoms with van der Waals surface area (Å²) >= 11 is 0. The van der Waals surface area contributed by atoms with Gasteiger partial charge in [0.1, 0.15) is 0 Å². The van der Waals surface area contributed by atoms with Crippen molar-refractivity contribution in [3.05, 3.63) is 35.8 Å². The first kappa shape index (κ1) is 13.3. The van der Waals surface area contributed by atoms with E-state index in [9.17, 15) is 13.2 Å². The molecule has 19 heavy (non-hydrogen) atoms. The van der Waals surface area contributed by atoms with Gasteiger partial charge in [-0.05, 0) is 24.6 Å². The molecular formula is C12H11F3N4. The van der Waals surface area contributed by atoms with E-state index in [1.54, 1.807) is 19.2 Å². The average molecular weight is 268 g/mol. The van der Waals surface area contributed by atoms with Crippen molar-refractivity contribution in [3.8, 4) is 11.3 Å². The zero-order valence-corrected chi connectivity index (χ0v) is 10.3. The lowest BCUT2D eigenvalue weighted by Crippen LogP contribution is -2.11. The second-order valence-corrected chi connectivity index (χ2v) is 3.90. The number of hydrogen-bond acceptors (Lipinski definition) is 4. The van der Waals surface area contributed by atoms with E-state index in [1.165, 1.54) is 13.2 Å². The molecule has 0 aliphatic rings. The van der Waals surface area contributed by atoms with Gasteiger partial charge in [0.2, 0.25) is 5.95 Å². The highest BCUT2D eigenvalue weighted by Gasteiger charge is 2.33. The van der Waals surface area contributed by atoms with Crippen molar-refractivity contribution < 1.29 is 13.2 Å². The molecule has 100 valence electrons. The Morgan fingerprint density at radius 2 is 1.95 bits per heavy atom. The van der Waals surface area contributed by atoms with Gasteiger partial charge >= 0.3 is 6.18 Å². The molecule has 0 saturated carbocycles. The van der Waals surface area contributed by atoms with E-state index in [4.69, 9.17) is 0 Å². The largest absolute Gasteiger partial charge is 0.433 e. The molecule has 4 nitrogen and oxygen atoms in total. The molecule has 2 aromatic heterocycles. The van der Waals surface area contributed by atoms with Gasteiger partial charge in [0.15, 0.2) is 5.69 Å². The zero-order chi connectivity index (χ0) is 14.0. The number of pyridine rings is 1. The Morgan fingerprint density at radius 1 is 1.21 bits per heavy atom. The summed E-state index contributed by atoms with van der Waals surface area (Å²) in [6, 6.07) is 2.56. The van der Waals surface area contributed by atoms with Crippen molar-refractivity contribution in [3.63, 3.8) is 0 Å². The van der Waals surface area contributed by atoms with E-state index >= 15 is 0 Å². The minimum absolute atomic E-state index is 0.0685. The van der Waals surface area contributed by atoms with E-state index in [-0.39, 0.29) is 11.6 Å². The number of nitrogens with zero attached hydrogens (tertiary/aromatic N) is 3. The number of aryl methyl sites for hydroxylation is 1. The van der Waals surface area contributed by atoms with Gasteiger partial charge in [-0.15, -0.1) is 0 Å². The van der Waals surface area contributed by atoms with E-state index in [0.29, 0.717) is 5.56 Å². The topological polar surface area (TPSA) is 50.7 Å². The van der Waals surface area contributed by atoms with Crippen molar-refractivity contribution >= 4 is 5.95 Å². The van der Waals surface area contributed by atoms with Gasteiger partial charge in [0.25, 0.3) is 0 Å². The number of halogens is 3. The maximum atomic E-state index is 12.8. The highest BCUT2D eigenvalue weighted by atomic mass is 19.4. The van der Waals surface area contributed by atoms with Crippen LogP contribution >= 0.6 is 0 Å². The summed E-state index contributed by atoms with van der Waals surface area (Å²) in [5.41, 5.74) is 0.584. The minimum atomic E-state index is -4.51. The number of nitrogens with one attached hydrogen (secondary N) is 1. The van der Waals surface area contributed by atoms with Crippen molar-refractivity contribution in [2.24, 2.45) is 0 Å². The van der Waals surface area contributed by atoms with E-state index in [0.717, 1.165) is 11.6 Å². The van der Waals surface area contributed by atoms with E-state index in [2.05, 4.69) is 20.3 Å². The van der Waals surface area contributed by atoms with Crippen molar-refractivity contribution in [2.45, 2.75) is 13.1 Å². The van der Waals surface area contributed by atoms with Gasteiger partial charge in [0.05, 0.1) is 5.69 Å². The molecule has 0 spiro atoms. The lowest BCUT2D eigenvalue weighted by atomic mass is 10.1. The van der Waals surface area contributed by atoms with E-state index < -0.39 is 11.9 Å². The number of hydrogen-bond donors (Lipinski definition) is 1. The second-order valence-electron chi connectivity index (χ2n) is 3.90. The summed E-state index contributed by atoms with van der Waals surface area (Å²) in [6.45, 7) is 1.76. The molecule has 2 heterocycles. The number of anilines is 1. The molecule has 7 heteroatoms. The number of rotatable bonds is 2. The van der Waals surface area contributed by atoms with E-state index in [1.807, 2.05) is 0 Å². The van der Waals surface area contributed by atoms with Gasteiger partial charge in [-0.25, -0.2) is 9.97 Å². The fourth-order valence-electron chi connectivity index (χ4n) is 1.60. The molecule has 2 aromatic rings. The monoisotopic (exact) mass is 268 g/mol. The average Bonchev–Trinajstić information content (AvgIpc) is 2.37. The lowest BCUT2D eigenvalue weighted by Gasteiger charge is -2.11. The standard InChI is InChI=1S/C12H11F3N4/c1-7-6-17-4-3-8(7)9-5-10(12(13,14)15)19-11(16-2)18-9/h3-6H,1-2H3,(H,16,18,19). The van der Waals surface area contributed by atoms with Crippen LogP contribution in [0.4, 0.5) is 19.1 Å². The highest BCUT2D eigenvalue weighted by molar-refractivity contribution is 5.64. The fraction of sp³-hybridized carbons (Fsp3) is 0.250. The second kappa shape index (κ2) is 4.83. The summed E-state index contributed by atoms with van der Waals surface area (Å²) in [5, 5.41) is 2.53. The molecule has 0 aliphatic heterocycles. The van der Waals surface area contributed by atoms with Crippen LogP contribution in [0.3, 0.4) is 0 Å². The summed E-state index contributed by atoms with van der Waals surface area (Å²) < 4.78 is 38.3. The van der Waals surface area contributed by atoms with Crippen LogP contribution in [0.2, 0.25) is 0 Å². The van der Waals surface area contributed by atoms with Crippen LogP contribution in [-0.2, 0) is 6.18 Å². The van der Waals surface area contributed by atoms with Crippen LogP contribution in [-0.4, -0.2) is 22.0 Å². The Balaban J connectivity index is 2.61. The Morgan fingerprint density at radius 3 is 2.53 bits per heavy atom. The molecule has 0 atom stereocenters. The number of aromatic nitrogens is 3. The predicted octanol–water partition coefficient (Wildman–Crippen LogP) is 2.91. The van der Waals surface area contributed by atoms with Gasteiger partial charge in [0, 0.05) is 25.0 Å². The van der Waals surface area contributed by atoms with Crippen molar-refractivity contribution in [2.75, 3.05) is 12.4 Å². The summed E-state index contributed by atoms with van der Waals surface area (Å²) in [6.07, 6.45) is -1.43. The maximum Gasteiger partial charge on any atom is 0.433 e. The third-order valence-corrected chi connectivity index (χ3v) is 2.54. The Bertz CT molecular complexity index is 596. The summed E-state index contributed by atoms with van der Waals surface area (Å²) in [5.74, 6) is -0.0685. The smallest absolute Gasteiger partial charge is 0.357 e. The summed E-state index contributed by atoms with van der Waals surface area (Å²) in [7, 11) is 1.47. The molecule has 0 radical (unpaired) electrons. The molecule has 0 amide bonds. The van der Waals surface area contributed by atoms with Crippen LogP contribution in [0.1, 0.15) is 11.3 Å². The number of alkyl halides is 3. The molecule has 0 saturated heterocycles. The van der Waals surface area contributed by atoms with Crippen LogP contribution in [0, 0.1) is 6.92 Å². The molecule has 0 aromatic carbocycles. The first-order valence-electron chi connectivity index (χ1n) is 5.47. The molecular weight excluding hydrogens is 257 g/mol. The minimum Gasteiger partial charge on any atom is -0.357 e. The first-order valence-corrected chi connectivity index (χ1v) is 5.47. The zero-order valence-electron chi connectivity index (χ0n) is 10.3. The van der Waals surface area contributed by atoms with Crippen molar-refractivity contribution in [1.82, 2.24) is 15.0 Å². The Kier molecular flexibility index (Phi) is 3.37.